The van der Waals surface area contributed by atoms with Crippen LogP contribution in [0.5, 0.6) is 0 Å². The average molecular weight is 407 g/mol. The number of morpholine rings is 1. The fourth-order valence-corrected chi connectivity index (χ4v) is 3.58. The van der Waals surface area contributed by atoms with Crippen molar-refractivity contribution in [3.05, 3.63) is 54.4 Å². The Bertz CT molecular complexity index is 1220. The van der Waals surface area contributed by atoms with Crippen LogP contribution in [-0.2, 0) is 4.74 Å². The number of nitrogens with zero attached hydrogens (tertiary/aromatic N) is 6. The monoisotopic (exact) mass is 407 g/mol. The number of aromatic nitrogens is 6. The van der Waals surface area contributed by atoms with Gasteiger partial charge in [-0.25, -0.2) is 19.0 Å². The molecule has 1 amide bonds. The molecule has 10 heteroatoms. The Labute approximate surface area is 170 Å². The third-order valence-corrected chi connectivity index (χ3v) is 5.05. The molecule has 1 saturated heterocycles. The van der Waals surface area contributed by atoms with Gasteiger partial charge in [0.25, 0.3) is 5.91 Å². The minimum atomic E-state index is -0.457. The Morgan fingerprint density at radius 2 is 2.17 bits per heavy atom. The van der Waals surface area contributed by atoms with Gasteiger partial charge >= 0.3 is 0 Å². The first-order valence-electron chi connectivity index (χ1n) is 9.50. The second-order valence-electron chi connectivity index (χ2n) is 7.12. The first kappa shape index (κ1) is 18.4. The van der Waals surface area contributed by atoms with E-state index >= 15 is 0 Å². The van der Waals surface area contributed by atoms with Gasteiger partial charge in [0.15, 0.2) is 11.5 Å². The van der Waals surface area contributed by atoms with Gasteiger partial charge in [-0.3, -0.25) is 9.89 Å². The third kappa shape index (κ3) is 3.20. The fourth-order valence-electron chi connectivity index (χ4n) is 3.58. The summed E-state index contributed by atoms with van der Waals surface area (Å²) < 4.78 is 21.6. The molecule has 0 saturated carbocycles. The van der Waals surface area contributed by atoms with Crippen LogP contribution in [0.2, 0.25) is 0 Å². The molecule has 3 aromatic heterocycles. The van der Waals surface area contributed by atoms with Crippen molar-refractivity contribution in [3.8, 4) is 17.1 Å². The maximum absolute atomic E-state index is 14.6. The molecule has 1 aliphatic heterocycles. The van der Waals surface area contributed by atoms with Crippen LogP contribution in [0, 0.1) is 5.82 Å². The van der Waals surface area contributed by atoms with Gasteiger partial charge in [0.2, 0.25) is 0 Å². The minimum Gasteiger partial charge on any atom is -0.375 e. The highest BCUT2D eigenvalue weighted by atomic mass is 19.1. The van der Waals surface area contributed by atoms with Gasteiger partial charge in [-0.05, 0) is 25.1 Å². The van der Waals surface area contributed by atoms with Gasteiger partial charge < -0.3 is 9.64 Å². The number of carbonyl (C=O) groups is 1. The van der Waals surface area contributed by atoms with Crippen molar-refractivity contribution in [2.75, 3.05) is 19.7 Å². The van der Waals surface area contributed by atoms with E-state index in [1.807, 2.05) is 6.92 Å². The largest absolute Gasteiger partial charge is 0.375 e. The lowest BCUT2D eigenvalue weighted by Crippen LogP contribution is -2.44. The smallest absolute Gasteiger partial charge is 0.255 e. The molecule has 0 bridgehead atoms. The standard InChI is InChI=1S/C20H18FN7O2/c1-12-10-27(4-5-30-12)20(29)14-6-13-9-25-28(19(13)22-8-14)15-2-3-16(17(21)7-15)18-23-11-24-26-18/h2-3,6-9,11-12H,4-5,10H2,1H3,(H,23,24,26)/t12-/m1/s1. The van der Waals surface area contributed by atoms with Crippen molar-refractivity contribution in [3.63, 3.8) is 0 Å². The number of hydrogen-bond donors (Lipinski definition) is 1. The number of ether oxygens (including phenoxy) is 1. The zero-order valence-corrected chi connectivity index (χ0v) is 16.1. The summed E-state index contributed by atoms with van der Waals surface area (Å²) in [4.78, 5) is 23.0. The molecule has 30 heavy (non-hydrogen) atoms. The van der Waals surface area contributed by atoms with Crippen LogP contribution in [0.4, 0.5) is 4.39 Å². The number of benzene rings is 1. The molecule has 1 aromatic carbocycles. The van der Waals surface area contributed by atoms with E-state index in [-0.39, 0.29) is 12.0 Å². The maximum Gasteiger partial charge on any atom is 0.255 e. The van der Waals surface area contributed by atoms with E-state index < -0.39 is 5.82 Å². The third-order valence-electron chi connectivity index (χ3n) is 5.05. The van der Waals surface area contributed by atoms with E-state index in [9.17, 15) is 9.18 Å². The number of carbonyl (C=O) groups excluding carboxylic acids is 1. The second-order valence-corrected chi connectivity index (χ2v) is 7.12. The number of amides is 1. The van der Waals surface area contributed by atoms with E-state index in [0.717, 1.165) is 0 Å². The molecule has 5 rings (SSSR count). The van der Waals surface area contributed by atoms with E-state index in [0.29, 0.717) is 53.4 Å². The normalized spacial score (nSPS) is 16.9. The van der Waals surface area contributed by atoms with Crippen molar-refractivity contribution in [2.24, 2.45) is 0 Å². The fraction of sp³-hybridized carbons (Fsp3) is 0.250. The van der Waals surface area contributed by atoms with Crippen molar-refractivity contribution in [1.29, 1.82) is 0 Å². The van der Waals surface area contributed by atoms with Crippen molar-refractivity contribution >= 4 is 16.9 Å². The van der Waals surface area contributed by atoms with Gasteiger partial charge in [0.1, 0.15) is 12.1 Å². The Hall–Kier alpha value is -3.66. The number of fused-ring (bicyclic) bond motifs is 1. The average Bonchev–Trinajstić information content (AvgIpc) is 3.42. The Kier molecular flexibility index (Phi) is 4.47. The lowest BCUT2D eigenvalue weighted by molar-refractivity contribution is -0.0124. The molecule has 0 radical (unpaired) electrons. The summed E-state index contributed by atoms with van der Waals surface area (Å²) in [6, 6.07) is 6.45. The zero-order valence-electron chi connectivity index (χ0n) is 16.1. The molecule has 152 valence electrons. The molecule has 0 unspecified atom stereocenters. The van der Waals surface area contributed by atoms with Crippen LogP contribution in [0.25, 0.3) is 28.1 Å². The topological polar surface area (TPSA) is 102 Å². The van der Waals surface area contributed by atoms with Gasteiger partial charge in [0, 0.05) is 30.7 Å². The number of H-pyrrole nitrogens is 1. The lowest BCUT2D eigenvalue weighted by atomic mass is 10.1. The summed E-state index contributed by atoms with van der Waals surface area (Å²) in [5, 5.41) is 11.4. The molecule has 0 spiro atoms. The lowest BCUT2D eigenvalue weighted by Gasteiger charge is -2.31. The van der Waals surface area contributed by atoms with Crippen LogP contribution in [0.1, 0.15) is 17.3 Å². The van der Waals surface area contributed by atoms with E-state index in [1.165, 1.54) is 23.3 Å². The first-order valence-corrected chi connectivity index (χ1v) is 9.50. The van der Waals surface area contributed by atoms with E-state index in [1.54, 1.807) is 29.3 Å². The summed E-state index contributed by atoms with van der Waals surface area (Å²) in [7, 11) is 0. The van der Waals surface area contributed by atoms with Crippen molar-refractivity contribution in [2.45, 2.75) is 13.0 Å². The zero-order chi connectivity index (χ0) is 20.7. The molecule has 4 aromatic rings. The predicted molar refractivity (Wildman–Crippen MR) is 106 cm³/mol. The number of pyridine rings is 1. The molecule has 0 aliphatic carbocycles. The van der Waals surface area contributed by atoms with Gasteiger partial charge in [-0.2, -0.15) is 10.2 Å². The van der Waals surface area contributed by atoms with E-state index in [2.05, 4.69) is 25.3 Å². The number of aromatic amines is 1. The van der Waals surface area contributed by atoms with Crippen LogP contribution in [0.3, 0.4) is 0 Å². The summed E-state index contributed by atoms with van der Waals surface area (Å²) >= 11 is 0. The predicted octanol–water partition coefficient (Wildman–Crippen LogP) is 2.21. The van der Waals surface area contributed by atoms with Crippen molar-refractivity contribution in [1.82, 2.24) is 34.8 Å². The summed E-state index contributed by atoms with van der Waals surface area (Å²) in [5.41, 5.74) is 1.85. The number of halogens is 1. The molecular formula is C20H18FN7O2. The SMILES string of the molecule is C[C@@H]1CN(C(=O)c2cnc3c(cnn3-c3ccc(-c4ncn[nH]4)c(F)c3)c2)CCO1. The van der Waals surface area contributed by atoms with Crippen LogP contribution < -0.4 is 0 Å². The van der Waals surface area contributed by atoms with Crippen LogP contribution in [0.15, 0.2) is 43.0 Å². The Morgan fingerprint density at radius 3 is 2.93 bits per heavy atom. The highest BCUT2D eigenvalue weighted by molar-refractivity contribution is 5.97. The molecule has 9 nitrogen and oxygen atoms in total. The first-order chi connectivity index (χ1) is 14.6. The quantitative estimate of drug-likeness (QED) is 0.559. The minimum absolute atomic E-state index is 0.0111. The maximum atomic E-state index is 14.6. The van der Waals surface area contributed by atoms with Gasteiger partial charge in [-0.15, -0.1) is 0 Å². The van der Waals surface area contributed by atoms with Gasteiger partial charge in [0.05, 0.1) is 35.7 Å². The number of nitrogens with one attached hydrogen (secondary N) is 1. The van der Waals surface area contributed by atoms with Crippen LogP contribution >= 0.6 is 0 Å². The van der Waals surface area contributed by atoms with Crippen molar-refractivity contribution < 1.29 is 13.9 Å². The summed E-state index contributed by atoms with van der Waals surface area (Å²) in [5.74, 6) is -0.195. The Morgan fingerprint density at radius 1 is 1.27 bits per heavy atom. The molecule has 1 aliphatic rings. The van der Waals surface area contributed by atoms with E-state index in [4.69, 9.17) is 4.74 Å². The second kappa shape index (κ2) is 7.30. The summed E-state index contributed by atoms with van der Waals surface area (Å²) in [6.45, 7) is 3.57. The highest BCUT2D eigenvalue weighted by Gasteiger charge is 2.23. The number of rotatable bonds is 3. The molecule has 1 atom stereocenters. The number of hydrogen-bond acceptors (Lipinski definition) is 6. The molecule has 1 N–H and O–H groups in total. The highest BCUT2D eigenvalue weighted by Crippen LogP contribution is 2.24. The molecular weight excluding hydrogens is 389 g/mol. The Balaban J connectivity index is 1.46. The summed E-state index contributed by atoms with van der Waals surface area (Å²) in [6.07, 6.45) is 4.48. The molecule has 1 fully saturated rings. The van der Waals surface area contributed by atoms with Gasteiger partial charge in [-0.1, -0.05) is 0 Å². The van der Waals surface area contributed by atoms with Crippen LogP contribution in [-0.4, -0.2) is 66.6 Å². The molecule has 4 heterocycles.